The van der Waals surface area contributed by atoms with E-state index in [2.05, 4.69) is 10.3 Å². The van der Waals surface area contributed by atoms with Crippen LogP contribution in [-0.2, 0) is 22.0 Å². The minimum atomic E-state index is -0.867. The first-order valence-corrected chi connectivity index (χ1v) is 8.54. The van der Waals surface area contributed by atoms with Crippen molar-refractivity contribution < 1.29 is 9.00 Å². The van der Waals surface area contributed by atoms with Gasteiger partial charge in [-0.2, -0.15) is 0 Å². The van der Waals surface area contributed by atoms with Gasteiger partial charge in [0.05, 0.1) is 6.04 Å². The van der Waals surface area contributed by atoms with Crippen molar-refractivity contribution in [3.05, 3.63) is 36.0 Å². The van der Waals surface area contributed by atoms with Gasteiger partial charge in [-0.05, 0) is 18.1 Å². The number of hydrogen-bond donors (Lipinski definition) is 3. The molecule has 2 unspecified atom stereocenters. The summed E-state index contributed by atoms with van der Waals surface area (Å²) in [5.74, 6) is 0.882. The third-order valence-corrected chi connectivity index (χ3v) is 4.71. The Kier molecular flexibility index (Phi) is 5.52. The molecule has 1 aromatic carbocycles. The lowest BCUT2D eigenvalue weighted by atomic mass is 10.1. The first-order chi connectivity index (χ1) is 10.1. The molecule has 21 heavy (non-hydrogen) atoms. The van der Waals surface area contributed by atoms with Crippen LogP contribution in [0.2, 0.25) is 0 Å². The van der Waals surface area contributed by atoms with Crippen molar-refractivity contribution >= 4 is 27.6 Å². The molecule has 1 amide bonds. The number of para-hydroxylation sites is 1. The second-order valence-corrected chi connectivity index (χ2v) is 6.76. The standard InChI is InChI=1S/C15H21N3O2S/c1-2-21(20)8-7-17-15(19)13(16)9-11-10-18-14-6-4-3-5-12(11)14/h3-6,10,13,18H,2,7-9,16H2,1H3,(H,17,19). The first-order valence-electron chi connectivity index (χ1n) is 7.05. The van der Waals surface area contributed by atoms with E-state index in [0.29, 0.717) is 24.5 Å². The molecule has 0 bridgehead atoms. The molecule has 2 atom stereocenters. The zero-order valence-corrected chi connectivity index (χ0v) is 12.9. The maximum absolute atomic E-state index is 11.9. The average Bonchev–Trinajstić information content (AvgIpc) is 2.90. The fourth-order valence-electron chi connectivity index (χ4n) is 2.19. The van der Waals surface area contributed by atoms with E-state index in [9.17, 15) is 9.00 Å². The molecule has 114 valence electrons. The number of benzene rings is 1. The first kappa shape index (κ1) is 15.7. The Bertz CT molecular complexity index is 639. The van der Waals surface area contributed by atoms with Crippen molar-refractivity contribution in [2.24, 2.45) is 5.73 Å². The summed E-state index contributed by atoms with van der Waals surface area (Å²) in [5.41, 5.74) is 8.02. The van der Waals surface area contributed by atoms with Crippen molar-refractivity contribution in [3.63, 3.8) is 0 Å². The van der Waals surface area contributed by atoms with Crippen LogP contribution in [0, 0.1) is 0 Å². The van der Waals surface area contributed by atoms with E-state index in [4.69, 9.17) is 5.73 Å². The van der Waals surface area contributed by atoms with Gasteiger partial charge in [0.1, 0.15) is 0 Å². The molecule has 0 fully saturated rings. The number of carbonyl (C=O) groups excluding carboxylic acids is 1. The van der Waals surface area contributed by atoms with Gasteiger partial charge in [0, 0.05) is 45.9 Å². The number of fused-ring (bicyclic) bond motifs is 1. The topological polar surface area (TPSA) is 88.0 Å². The lowest BCUT2D eigenvalue weighted by molar-refractivity contribution is -0.122. The number of H-pyrrole nitrogens is 1. The summed E-state index contributed by atoms with van der Waals surface area (Å²) in [4.78, 5) is 15.1. The van der Waals surface area contributed by atoms with Gasteiger partial charge < -0.3 is 16.0 Å². The predicted octanol–water partition coefficient (Wildman–Crippen LogP) is 0.923. The molecular formula is C15H21N3O2S. The minimum Gasteiger partial charge on any atom is -0.361 e. The van der Waals surface area contributed by atoms with Crippen LogP contribution >= 0.6 is 0 Å². The van der Waals surface area contributed by atoms with Gasteiger partial charge in [0.25, 0.3) is 0 Å². The van der Waals surface area contributed by atoms with Gasteiger partial charge in [-0.25, -0.2) is 0 Å². The molecule has 0 spiro atoms. The van der Waals surface area contributed by atoms with E-state index in [1.165, 1.54) is 0 Å². The van der Waals surface area contributed by atoms with E-state index < -0.39 is 16.8 Å². The molecule has 0 saturated heterocycles. The van der Waals surface area contributed by atoms with Gasteiger partial charge in [-0.1, -0.05) is 25.1 Å². The maximum atomic E-state index is 11.9. The number of rotatable bonds is 7. The number of carbonyl (C=O) groups is 1. The molecular weight excluding hydrogens is 286 g/mol. The third-order valence-electron chi connectivity index (χ3n) is 3.40. The molecule has 1 heterocycles. The van der Waals surface area contributed by atoms with Crippen LogP contribution in [0.4, 0.5) is 0 Å². The number of aromatic amines is 1. The highest BCUT2D eigenvalue weighted by Gasteiger charge is 2.15. The summed E-state index contributed by atoms with van der Waals surface area (Å²) < 4.78 is 11.3. The SMILES string of the molecule is CCS(=O)CCNC(=O)C(N)Cc1c[nH]c2ccccc12. The quantitative estimate of drug-likeness (QED) is 0.711. The van der Waals surface area contributed by atoms with Crippen LogP contribution in [0.5, 0.6) is 0 Å². The van der Waals surface area contributed by atoms with Gasteiger partial charge in [-0.3, -0.25) is 9.00 Å². The van der Waals surface area contributed by atoms with Crippen LogP contribution in [0.15, 0.2) is 30.5 Å². The zero-order valence-electron chi connectivity index (χ0n) is 12.1. The average molecular weight is 307 g/mol. The number of amides is 1. The van der Waals surface area contributed by atoms with Crippen LogP contribution < -0.4 is 11.1 Å². The largest absolute Gasteiger partial charge is 0.361 e. The van der Waals surface area contributed by atoms with E-state index in [1.807, 2.05) is 37.4 Å². The lowest BCUT2D eigenvalue weighted by Gasteiger charge is -2.11. The number of nitrogens with one attached hydrogen (secondary N) is 2. The van der Waals surface area contributed by atoms with Gasteiger partial charge in [0.2, 0.25) is 5.91 Å². The Morgan fingerprint density at radius 1 is 1.43 bits per heavy atom. The normalized spacial score (nSPS) is 14.0. The summed E-state index contributed by atoms with van der Waals surface area (Å²) in [7, 11) is -0.867. The Morgan fingerprint density at radius 2 is 2.19 bits per heavy atom. The van der Waals surface area contributed by atoms with Crippen molar-refractivity contribution in [2.45, 2.75) is 19.4 Å². The van der Waals surface area contributed by atoms with Crippen LogP contribution in [0.25, 0.3) is 10.9 Å². The van der Waals surface area contributed by atoms with Crippen molar-refractivity contribution in [3.8, 4) is 0 Å². The third kappa shape index (κ3) is 4.15. The molecule has 2 rings (SSSR count). The highest BCUT2D eigenvalue weighted by Crippen LogP contribution is 2.18. The Hall–Kier alpha value is -1.66. The van der Waals surface area contributed by atoms with Crippen LogP contribution in [0.3, 0.4) is 0 Å². The maximum Gasteiger partial charge on any atom is 0.237 e. The van der Waals surface area contributed by atoms with Crippen molar-refractivity contribution in [1.29, 1.82) is 0 Å². The number of nitrogens with two attached hydrogens (primary N) is 1. The van der Waals surface area contributed by atoms with Crippen LogP contribution in [0.1, 0.15) is 12.5 Å². The van der Waals surface area contributed by atoms with Gasteiger partial charge in [0.15, 0.2) is 0 Å². The summed E-state index contributed by atoms with van der Waals surface area (Å²) in [6, 6.07) is 7.33. The molecule has 4 N–H and O–H groups in total. The summed E-state index contributed by atoms with van der Waals surface area (Å²) in [6.07, 6.45) is 2.37. The Labute approximate surface area is 126 Å². The fourth-order valence-corrected chi connectivity index (χ4v) is 2.81. The molecule has 6 heteroatoms. The molecule has 0 radical (unpaired) electrons. The van der Waals surface area contributed by atoms with Crippen LogP contribution in [-0.4, -0.2) is 39.2 Å². The Balaban J connectivity index is 1.90. The van der Waals surface area contributed by atoms with E-state index in [-0.39, 0.29) is 5.91 Å². The Morgan fingerprint density at radius 3 is 2.95 bits per heavy atom. The zero-order chi connectivity index (χ0) is 15.2. The highest BCUT2D eigenvalue weighted by atomic mass is 32.2. The smallest absolute Gasteiger partial charge is 0.237 e. The molecule has 0 saturated carbocycles. The number of hydrogen-bond acceptors (Lipinski definition) is 3. The monoisotopic (exact) mass is 307 g/mol. The molecule has 2 aromatic rings. The summed E-state index contributed by atoms with van der Waals surface area (Å²) in [5, 5.41) is 3.83. The second-order valence-electron chi connectivity index (χ2n) is 4.89. The van der Waals surface area contributed by atoms with E-state index >= 15 is 0 Å². The summed E-state index contributed by atoms with van der Waals surface area (Å²) in [6.45, 7) is 2.27. The van der Waals surface area contributed by atoms with Gasteiger partial charge >= 0.3 is 0 Å². The predicted molar refractivity (Wildman–Crippen MR) is 86.5 cm³/mol. The molecule has 0 aliphatic carbocycles. The van der Waals surface area contributed by atoms with Gasteiger partial charge in [-0.15, -0.1) is 0 Å². The molecule has 1 aromatic heterocycles. The van der Waals surface area contributed by atoms with E-state index in [0.717, 1.165) is 16.5 Å². The second kappa shape index (κ2) is 7.38. The van der Waals surface area contributed by atoms with E-state index in [1.54, 1.807) is 0 Å². The lowest BCUT2D eigenvalue weighted by Crippen LogP contribution is -2.43. The summed E-state index contributed by atoms with van der Waals surface area (Å²) >= 11 is 0. The molecule has 0 aliphatic rings. The van der Waals surface area contributed by atoms with Crippen molar-refractivity contribution in [1.82, 2.24) is 10.3 Å². The van der Waals surface area contributed by atoms with Crippen molar-refractivity contribution in [2.75, 3.05) is 18.1 Å². The highest BCUT2D eigenvalue weighted by molar-refractivity contribution is 7.84. The fraction of sp³-hybridized carbons (Fsp3) is 0.400. The minimum absolute atomic E-state index is 0.201. The molecule has 0 aliphatic heterocycles. The molecule has 5 nitrogen and oxygen atoms in total. The number of aromatic nitrogens is 1.